The molecule has 0 spiro atoms. The third-order valence-electron chi connectivity index (χ3n) is 5.58. The number of rotatable bonds is 6. The van der Waals surface area contributed by atoms with E-state index in [-0.39, 0.29) is 12.1 Å². The summed E-state index contributed by atoms with van der Waals surface area (Å²) in [5.41, 5.74) is 2.62. The van der Waals surface area contributed by atoms with Gasteiger partial charge in [0.25, 0.3) is 0 Å². The second-order valence-corrected chi connectivity index (χ2v) is 7.98. The van der Waals surface area contributed by atoms with Gasteiger partial charge in [0.15, 0.2) is 0 Å². The average Bonchev–Trinajstić information content (AvgIpc) is 3.02. The van der Waals surface area contributed by atoms with Crippen LogP contribution >= 0.6 is 0 Å². The zero-order valence-corrected chi connectivity index (χ0v) is 15.2. The summed E-state index contributed by atoms with van der Waals surface area (Å²) >= 11 is 0. The van der Waals surface area contributed by atoms with Crippen LogP contribution < -0.4 is 0 Å². The molecule has 0 saturated carbocycles. The van der Waals surface area contributed by atoms with Gasteiger partial charge < -0.3 is 14.7 Å². The molecule has 2 fully saturated rings. The van der Waals surface area contributed by atoms with E-state index in [0.717, 1.165) is 50.8 Å². The van der Waals surface area contributed by atoms with Gasteiger partial charge >= 0.3 is 0 Å². The molecule has 2 saturated heterocycles. The van der Waals surface area contributed by atoms with Gasteiger partial charge in [0.05, 0.1) is 19.8 Å². The van der Waals surface area contributed by atoms with Gasteiger partial charge in [0.2, 0.25) is 0 Å². The molecule has 2 heterocycles. The molecule has 4 nitrogen and oxygen atoms in total. The van der Waals surface area contributed by atoms with Crippen molar-refractivity contribution in [1.82, 2.24) is 9.80 Å². The summed E-state index contributed by atoms with van der Waals surface area (Å²) < 4.78 is 5.49. The minimum Gasteiger partial charge on any atom is -0.392 e. The van der Waals surface area contributed by atoms with E-state index in [9.17, 15) is 0 Å². The molecule has 134 valence electrons. The number of nitrogens with zero attached hydrogens (tertiary/aromatic N) is 2. The largest absolute Gasteiger partial charge is 0.392 e. The Morgan fingerprint density at radius 3 is 2.42 bits per heavy atom. The van der Waals surface area contributed by atoms with Crippen LogP contribution in [0.15, 0.2) is 24.3 Å². The lowest BCUT2D eigenvalue weighted by molar-refractivity contribution is -0.0198. The summed E-state index contributed by atoms with van der Waals surface area (Å²) in [7, 11) is 0. The van der Waals surface area contributed by atoms with E-state index in [0.29, 0.717) is 0 Å². The zero-order valence-electron chi connectivity index (χ0n) is 15.2. The fraction of sp³-hybridized carbons (Fsp3) is 0.700. The van der Waals surface area contributed by atoms with E-state index < -0.39 is 0 Å². The molecule has 1 N–H and O–H groups in total. The molecule has 24 heavy (non-hydrogen) atoms. The van der Waals surface area contributed by atoms with Gasteiger partial charge in [0, 0.05) is 31.7 Å². The Balaban J connectivity index is 1.49. The maximum absolute atomic E-state index is 9.14. The van der Waals surface area contributed by atoms with E-state index >= 15 is 0 Å². The molecular formula is C20H32N2O2. The first kappa shape index (κ1) is 17.9. The van der Waals surface area contributed by atoms with Crippen molar-refractivity contribution in [3.05, 3.63) is 35.4 Å². The number of morpholine rings is 1. The summed E-state index contributed by atoms with van der Waals surface area (Å²) in [5, 5.41) is 9.14. The van der Waals surface area contributed by atoms with Crippen molar-refractivity contribution in [2.45, 2.75) is 38.8 Å². The normalized spacial score (nSPS) is 23.7. The summed E-state index contributed by atoms with van der Waals surface area (Å²) in [6.45, 7) is 12.3. The van der Waals surface area contributed by atoms with Crippen LogP contribution in [0.25, 0.3) is 0 Å². The van der Waals surface area contributed by atoms with Crippen LogP contribution in [-0.2, 0) is 17.8 Å². The zero-order chi connectivity index (χ0) is 17.0. The first-order valence-corrected chi connectivity index (χ1v) is 9.31. The predicted octanol–water partition coefficient (Wildman–Crippen LogP) is 2.15. The number of aliphatic hydroxyl groups is 1. The summed E-state index contributed by atoms with van der Waals surface area (Å²) in [6.07, 6.45) is 2.45. The second kappa shape index (κ2) is 7.96. The second-order valence-electron chi connectivity index (χ2n) is 7.98. The van der Waals surface area contributed by atoms with E-state index in [4.69, 9.17) is 9.84 Å². The van der Waals surface area contributed by atoms with Crippen molar-refractivity contribution in [3.8, 4) is 0 Å². The molecular weight excluding hydrogens is 300 g/mol. The number of aliphatic hydroxyl groups excluding tert-OH is 1. The minimum atomic E-state index is 0.133. The molecule has 2 aliphatic rings. The monoisotopic (exact) mass is 332 g/mol. The highest BCUT2D eigenvalue weighted by atomic mass is 16.5. The first-order valence-electron chi connectivity index (χ1n) is 9.31. The van der Waals surface area contributed by atoms with Crippen molar-refractivity contribution in [1.29, 1.82) is 0 Å². The molecule has 0 amide bonds. The summed E-state index contributed by atoms with van der Waals surface area (Å²) in [6, 6.07) is 8.44. The maximum Gasteiger partial charge on any atom is 0.0681 e. The first-order chi connectivity index (χ1) is 11.6. The fourth-order valence-corrected chi connectivity index (χ4v) is 4.15. The predicted molar refractivity (Wildman–Crippen MR) is 97.1 cm³/mol. The molecule has 2 aliphatic heterocycles. The Hall–Kier alpha value is -0.940. The van der Waals surface area contributed by atoms with Gasteiger partial charge in [-0.3, -0.25) is 4.90 Å². The Bertz CT molecular complexity index is 509. The average molecular weight is 332 g/mol. The van der Waals surface area contributed by atoms with Crippen LogP contribution in [0.1, 0.15) is 31.4 Å². The Labute approximate surface area is 146 Å². The summed E-state index contributed by atoms with van der Waals surface area (Å²) in [4.78, 5) is 5.22. The number of ether oxygens (including phenoxy) is 1. The van der Waals surface area contributed by atoms with E-state index in [1.807, 2.05) is 12.1 Å². The maximum atomic E-state index is 9.14. The van der Waals surface area contributed by atoms with E-state index in [2.05, 4.69) is 35.8 Å². The molecule has 1 atom stereocenters. The molecule has 3 rings (SSSR count). The van der Waals surface area contributed by atoms with Gasteiger partial charge in [-0.25, -0.2) is 0 Å². The van der Waals surface area contributed by atoms with E-state index in [1.54, 1.807) is 0 Å². The third kappa shape index (κ3) is 4.57. The Morgan fingerprint density at radius 1 is 1.08 bits per heavy atom. The molecule has 0 bridgehead atoms. The molecule has 0 radical (unpaired) electrons. The Kier molecular flexibility index (Phi) is 5.93. The minimum absolute atomic E-state index is 0.133. The van der Waals surface area contributed by atoms with Crippen LogP contribution in [0.4, 0.5) is 0 Å². The molecule has 1 aromatic rings. The van der Waals surface area contributed by atoms with Gasteiger partial charge in [-0.15, -0.1) is 0 Å². The lowest BCUT2D eigenvalue weighted by Crippen LogP contribution is -2.55. The lowest BCUT2D eigenvalue weighted by atomic mass is 9.98. The standard InChI is InChI=1S/C20H32N2O2/c1-20(2,22-9-11-24-12-10-22)16-21-8-7-19(14-21)13-17-3-5-18(15-23)6-4-17/h3-6,19,23H,7-16H2,1-2H3/t19-/m1/s1. The SMILES string of the molecule is CC(C)(CN1CC[C@H](Cc2ccc(CO)cc2)C1)N1CCOCC1. The number of benzene rings is 1. The molecule has 4 heteroatoms. The number of hydrogen-bond donors (Lipinski definition) is 1. The van der Waals surface area contributed by atoms with Crippen LogP contribution in [0.3, 0.4) is 0 Å². The molecule has 0 aliphatic carbocycles. The molecule has 1 aromatic carbocycles. The van der Waals surface area contributed by atoms with Crippen molar-refractivity contribution in [3.63, 3.8) is 0 Å². The van der Waals surface area contributed by atoms with Crippen LogP contribution in [0, 0.1) is 5.92 Å². The van der Waals surface area contributed by atoms with Gasteiger partial charge in [-0.1, -0.05) is 24.3 Å². The van der Waals surface area contributed by atoms with Gasteiger partial charge in [0.1, 0.15) is 0 Å². The third-order valence-corrected chi connectivity index (χ3v) is 5.58. The van der Waals surface area contributed by atoms with Crippen LogP contribution in [0.5, 0.6) is 0 Å². The Morgan fingerprint density at radius 2 is 1.75 bits per heavy atom. The van der Waals surface area contributed by atoms with Crippen LogP contribution in [-0.4, -0.2) is 66.4 Å². The van der Waals surface area contributed by atoms with Crippen molar-refractivity contribution >= 4 is 0 Å². The highest BCUT2D eigenvalue weighted by Crippen LogP contribution is 2.25. The van der Waals surface area contributed by atoms with Gasteiger partial charge in [-0.05, 0) is 50.3 Å². The quantitative estimate of drug-likeness (QED) is 0.866. The molecule has 0 aromatic heterocycles. The van der Waals surface area contributed by atoms with Crippen molar-refractivity contribution in [2.75, 3.05) is 45.9 Å². The lowest BCUT2D eigenvalue weighted by Gasteiger charge is -2.43. The highest BCUT2D eigenvalue weighted by molar-refractivity contribution is 5.22. The van der Waals surface area contributed by atoms with Crippen molar-refractivity contribution < 1.29 is 9.84 Å². The van der Waals surface area contributed by atoms with E-state index in [1.165, 1.54) is 25.1 Å². The topological polar surface area (TPSA) is 35.9 Å². The van der Waals surface area contributed by atoms with Crippen LogP contribution in [0.2, 0.25) is 0 Å². The smallest absolute Gasteiger partial charge is 0.0681 e. The fourth-order valence-electron chi connectivity index (χ4n) is 4.15. The number of likely N-dealkylation sites (tertiary alicyclic amines) is 1. The van der Waals surface area contributed by atoms with Crippen molar-refractivity contribution in [2.24, 2.45) is 5.92 Å². The summed E-state index contributed by atoms with van der Waals surface area (Å²) in [5.74, 6) is 0.755. The number of hydrogen-bond acceptors (Lipinski definition) is 4. The highest BCUT2D eigenvalue weighted by Gasteiger charge is 2.33. The molecule has 0 unspecified atom stereocenters. The van der Waals surface area contributed by atoms with Gasteiger partial charge in [-0.2, -0.15) is 0 Å².